The van der Waals surface area contributed by atoms with Gasteiger partial charge in [-0.15, -0.1) is 0 Å². The largest absolute Gasteiger partial charge is 0.459 e. The smallest absolute Gasteiger partial charge is 0.328 e. The lowest BCUT2D eigenvalue weighted by molar-refractivity contribution is -0.145. The van der Waals surface area contributed by atoms with Gasteiger partial charge in [0.2, 0.25) is 0 Å². The first-order valence-corrected chi connectivity index (χ1v) is 6.65. The highest BCUT2D eigenvalue weighted by Gasteiger charge is 2.12. The molecule has 0 amide bonds. The van der Waals surface area contributed by atoms with E-state index in [1.54, 1.807) is 19.9 Å². The van der Waals surface area contributed by atoms with E-state index in [1.165, 1.54) is 16.8 Å². The van der Waals surface area contributed by atoms with E-state index in [9.17, 15) is 9.18 Å². The number of hydrogen-bond donors (Lipinski definition) is 1. The molecule has 0 unspecified atom stereocenters. The van der Waals surface area contributed by atoms with E-state index in [0.29, 0.717) is 22.6 Å². The average molecular weight is 312 g/mol. The lowest BCUT2D eigenvalue weighted by atomic mass is 10.2. The van der Waals surface area contributed by atoms with Crippen molar-refractivity contribution in [2.24, 2.45) is 0 Å². The Labute approximate surface area is 126 Å². The molecule has 7 heteroatoms. The third-order valence-electron chi connectivity index (χ3n) is 3.10. The summed E-state index contributed by atoms with van der Waals surface area (Å²) in [7, 11) is 0. The molecule has 0 radical (unpaired) electrons. The van der Waals surface area contributed by atoms with E-state index in [0.717, 1.165) is 0 Å². The van der Waals surface area contributed by atoms with Crippen LogP contribution in [-0.2, 0) is 22.7 Å². The van der Waals surface area contributed by atoms with Crippen LogP contribution in [0.3, 0.4) is 0 Å². The summed E-state index contributed by atoms with van der Waals surface area (Å²) in [5.74, 6) is -1.02. The summed E-state index contributed by atoms with van der Waals surface area (Å²) in [6.07, 6.45) is 0. The molecule has 112 valence electrons. The lowest BCUT2D eigenvalue weighted by Gasteiger charge is -2.07. The number of carbonyl (C=O) groups is 1. The summed E-state index contributed by atoms with van der Waals surface area (Å²) in [6.45, 7) is 3.47. The number of hydrogen-bond acceptors (Lipinski definition) is 4. The zero-order chi connectivity index (χ0) is 15.6. The first-order valence-electron chi connectivity index (χ1n) is 6.27. The average Bonchev–Trinajstić information content (AvgIpc) is 2.68. The Morgan fingerprint density at radius 1 is 1.48 bits per heavy atom. The van der Waals surface area contributed by atoms with E-state index in [1.807, 2.05) is 0 Å². The molecule has 0 atom stereocenters. The van der Waals surface area contributed by atoms with Crippen LogP contribution in [0.1, 0.15) is 17.0 Å². The van der Waals surface area contributed by atoms with Crippen molar-refractivity contribution in [3.8, 4) is 0 Å². The fraction of sp³-hybridized carbons (Fsp3) is 0.286. The summed E-state index contributed by atoms with van der Waals surface area (Å²) in [4.78, 5) is 11.8. The third-order valence-corrected chi connectivity index (χ3v) is 3.41. The number of carbonyl (C=O) groups excluding carboxylic acids is 1. The maximum atomic E-state index is 13.3. The van der Waals surface area contributed by atoms with Crippen molar-refractivity contribution < 1.29 is 13.9 Å². The second-order valence-corrected chi connectivity index (χ2v) is 5.06. The van der Waals surface area contributed by atoms with Crippen LogP contribution in [0, 0.1) is 19.7 Å². The Kier molecular flexibility index (Phi) is 4.47. The van der Waals surface area contributed by atoms with Gasteiger partial charge in [-0.05, 0) is 31.5 Å². The number of esters is 1. The van der Waals surface area contributed by atoms with Crippen LogP contribution in [0.4, 0.5) is 10.1 Å². The van der Waals surface area contributed by atoms with Gasteiger partial charge in [-0.3, -0.25) is 9.48 Å². The highest BCUT2D eigenvalue weighted by Crippen LogP contribution is 2.17. The quantitative estimate of drug-likeness (QED) is 0.881. The van der Waals surface area contributed by atoms with Gasteiger partial charge in [-0.2, -0.15) is 5.10 Å². The summed E-state index contributed by atoms with van der Waals surface area (Å²) in [5.41, 5.74) is 8.25. The minimum Gasteiger partial charge on any atom is -0.459 e. The van der Waals surface area contributed by atoms with E-state index in [2.05, 4.69) is 5.10 Å². The molecule has 0 bridgehead atoms. The topological polar surface area (TPSA) is 70.1 Å². The second kappa shape index (κ2) is 6.13. The number of aromatic nitrogens is 2. The molecule has 0 saturated carbocycles. The minimum absolute atomic E-state index is 0.0261. The van der Waals surface area contributed by atoms with Gasteiger partial charge in [-0.1, -0.05) is 17.7 Å². The Hall–Kier alpha value is -2.08. The standard InChI is InChI=1S/C14H15ClFN3O2/c1-8-14(17)9(2)19(18-8)6-13(20)21-7-10-3-4-11(15)12(16)5-10/h3-5H,6-7,17H2,1-2H3. The van der Waals surface area contributed by atoms with Gasteiger partial charge >= 0.3 is 5.97 Å². The predicted molar refractivity (Wildman–Crippen MR) is 77.3 cm³/mol. The number of nitrogens with zero attached hydrogens (tertiary/aromatic N) is 2. The van der Waals surface area contributed by atoms with Crippen molar-refractivity contribution in [3.63, 3.8) is 0 Å². The fourth-order valence-corrected chi connectivity index (χ4v) is 1.94. The number of nitrogen functional groups attached to an aromatic ring is 1. The Balaban J connectivity index is 1.95. The van der Waals surface area contributed by atoms with Crippen LogP contribution in [0.2, 0.25) is 5.02 Å². The molecule has 0 saturated heterocycles. The van der Waals surface area contributed by atoms with Crippen LogP contribution in [0.5, 0.6) is 0 Å². The van der Waals surface area contributed by atoms with Crippen LogP contribution in [0.25, 0.3) is 0 Å². The predicted octanol–water partition coefficient (Wildman–Crippen LogP) is 2.62. The summed E-state index contributed by atoms with van der Waals surface area (Å²) in [5, 5.41) is 4.17. The molecule has 0 fully saturated rings. The van der Waals surface area contributed by atoms with E-state index in [4.69, 9.17) is 22.1 Å². The molecular formula is C14H15ClFN3O2. The second-order valence-electron chi connectivity index (χ2n) is 4.65. The maximum absolute atomic E-state index is 13.3. The number of anilines is 1. The van der Waals surface area contributed by atoms with Crippen molar-refractivity contribution in [1.29, 1.82) is 0 Å². The monoisotopic (exact) mass is 311 g/mol. The van der Waals surface area contributed by atoms with E-state index >= 15 is 0 Å². The van der Waals surface area contributed by atoms with Crippen molar-refractivity contribution in [3.05, 3.63) is 46.0 Å². The molecule has 2 N–H and O–H groups in total. The van der Waals surface area contributed by atoms with Gasteiger partial charge in [0.15, 0.2) is 0 Å². The van der Waals surface area contributed by atoms with E-state index < -0.39 is 11.8 Å². The molecule has 0 aliphatic carbocycles. The molecule has 1 heterocycles. The van der Waals surface area contributed by atoms with Crippen molar-refractivity contribution in [2.45, 2.75) is 27.0 Å². The normalized spacial score (nSPS) is 10.7. The van der Waals surface area contributed by atoms with Crippen molar-refractivity contribution >= 4 is 23.3 Å². The Morgan fingerprint density at radius 3 is 2.76 bits per heavy atom. The molecule has 2 rings (SSSR count). The van der Waals surface area contributed by atoms with Gasteiger partial charge in [0, 0.05) is 0 Å². The molecule has 5 nitrogen and oxygen atoms in total. The number of aryl methyl sites for hydroxylation is 1. The zero-order valence-electron chi connectivity index (χ0n) is 11.7. The number of halogens is 2. The molecule has 0 aliphatic rings. The number of benzene rings is 1. The highest BCUT2D eigenvalue weighted by atomic mass is 35.5. The molecule has 0 aliphatic heterocycles. The fourth-order valence-electron chi connectivity index (χ4n) is 1.83. The van der Waals surface area contributed by atoms with Crippen molar-refractivity contribution in [1.82, 2.24) is 9.78 Å². The Morgan fingerprint density at radius 2 is 2.19 bits per heavy atom. The molecule has 1 aromatic carbocycles. The first kappa shape index (κ1) is 15.3. The highest BCUT2D eigenvalue weighted by molar-refractivity contribution is 6.30. The number of ether oxygens (including phenoxy) is 1. The van der Waals surface area contributed by atoms with Gasteiger partial charge in [0.25, 0.3) is 0 Å². The van der Waals surface area contributed by atoms with Gasteiger partial charge in [-0.25, -0.2) is 4.39 Å². The number of rotatable bonds is 4. The third kappa shape index (κ3) is 3.52. The van der Waals surface area contributed by atoms with Gasteiger partial charge in [0.1, 0.15) is 19.0 Å². The molecule has 2 aromatic rings. The molecule has 1 aromatic heterocycles. The minimum atomic E-state index is -0.545. The summed E-state index contributed by atoms with van der Waals surface area (Å²) in [6, 6.07) is 4.25. The SMILES string of the molecule is Cc1nn(CC(=O)OCc2ccc(Cl)c(F)c2)c(C)c1N. The zero-order valence-corrected chi connectivity index (χ0v) is 12.4. The molecule has 21 heavy (non-hydrogen) atoms. The van der Waals surface area contributed by atoms with E-state index in [-0.39, 0.29) is 18.2 Å². The van der Waals surface area contributed by atoms with Crippen LogP contribution in [0.15, 0.2) is 18.2 Å². The van der Waals surface area contributed by atoms with Crippen LogP contribution in [-0.4, -0.2) is 15.7 Å². The lowest BCUT2D eigenvalue weighted by Crippen LogP contribution is -2.15. The van der Waals surface area contributed by atoms with Crippen LogP contribution >= 0.6 is 11.6 Å². The first-order chi connectivity index (χ1) is 9.88. The van der Waals surface area contributed by atoms with Crippen LogP contribution < -0.4 is 5.73 Å². The Bertz CT molecular complexity index is 685. The number of nitrogens with two attached hydrogens (primary N) is 1. The van der Waals surface area contributed by atoms with Gasteiger partial charge in [0.05, 0.1) is 22.1 Å². The van der Waals surface area contributed by atoms with Gasteiger partial charge < -0.3 is 10.5 Å². The summed E-state index contributed by atoms with van der Waals surface area (Å²) < 4.78 is 19.8. The molecule has 0 spiro atoms. The molecular weight excluding hydrogens is 297 g/mol. The van der Waals surface area contributed by atoms with Crippen molar-refractivity contribution in [2.75, 3.05) is 5.73 Å². The summed E-state index contributed by atoms with van der Waals surface area (Å²) >= 11 is 5.58. The maximum Gasteiger partial charge on any atom is 0.328 e.